The normalized spacial score (nSPS) is 19.2. The maximum Gasteiger partial charge on any atom is 0.226 e. The molecule has 6 heteroatoms. The molecule has 1 aliphatic heterocycles. The van der Waals surface area contributed by atoms with Crippen LogP contribution < -0.4 is 5.32 Å². The van der Waals surface area contributed by atoms with Crippen LogP contribution in [-0.4, -0.2) is 40.3 Å². The third-order valence-electron chi connectivity index (χ3n) is 4.47. The van der Waals surface area contributed by atoms with Crippen molar-refractivity contribution in [1.82, 2.24) is 20.2 Å². The van der Waals surface area contributed by atoms with E-state index in [-0.39, 0.29) is 30.2 Å². The summed E-state index contributed by atoms with van der Waals surface area (Å²) >= 11 is 0. The van der Waals surface area contributed by atoms with Crippen LogP contribution in [0.4, 0.5) is 0 Å². The van der Waals surface area contributed by atoms with Crippen LogP contribution in [-0.2, 0) is 9.59 Å². The van der Waals surface area contributed by atoms with Gasteiger partial charge in [-0.05, 0) is 24.5 Å². The van der Waals surface area contributed by atoms with Crippen molar-refractivity contribution in [3.05, 3.63) is 30.1 Å². The van der Waals surface area contributed by atoms with Gasteiger partial charge in [0.25, 0.3) is 0 Å². The van der Waals surface area contributed by atoms with Crippen molar-refractivity contribution in [3.8, 4) is 0 Å². The fourth-order valence-electron chi connectivity index (χ4n) is 3.18. The zero-order valence-electron chi connectivity index (χ0n) is 14.4. The topological polar surface area (TPSA) is 78.1 Å². The van der Waals surface area contributed by atoms with Gasteiger partial charge < -0.3 is 15.2 Å². The smallest absolute Gasteiger partial charge is 0.226 e. The summed E-state index contributed by atoms with van der Waals surface area (Å²) in [4.78, 5) is 33.8. The molecule has 0 saturated carbocycles. The van der Waals surface area contributed by atoms with Crippen LogP contribution in [0.25, 0.3) is 11.0 Å². The standard InChI is InChI=1S/C18H24N4O2/c1-11(2)8-15(17-19-13-6-4-5-7-14(13)20-17)21-18(24)12-9-16(23)22(3)10-12/h4-7,11-12,15H,8-10H2,1-3H3,(H,19,20)(H,21,24)/t12-,15-/m1/s1. The minimum atomic E-state index is -0.276. The quantitative estimate of drug-likeness (QED) is 0.883. The van der Waals surface area contributed by atoms with Crippen LogP contribution in [0.5, 0.6) is 0 Å². The van der Waals surface area contributed by atoms with Gasteiger partial charge in [-0.15, -0.1) is 0 Å². The Morgan fingerprint density at radius 1 is 1.42 bits per heavy atom. The first-order valence-corrected chi connectivity index (χ1v) is 8.43. The summed E-state index contributed by atoms with van der Waals surface area (Å²) in [5.41, 5.74) is 1.86. The van der Waals surface area contributed by atoms with E-state index < -0.39 is 0 Å². The molecule has 1 aromatic carbocycles. The molecule has 1 saturated heterocycles. The highest BCUT2D eigenvalue weighted by Gasteiger charge is 2.33. The van der Waals surface area contributed by atoms with Crippen molar-refractivity contribution in [1.29, 1.82) is 0 Å². The number of aromatic amines is 1. The van der Waals surface area contributed by atoms with Gasteiger partial charge in [0.1, 0.15) is 5.82 Å². The van der Waals surface area contributed by atoms with Crippen LogP contribution in [0.1, 0.15) is 38.6 Å². The van der Waals surface area contributed by atoms with E-state index in [1.807, 2.05) is 24.3 Å². The molecule has 0 radical (unpaired) electrons. The molecule has 2 heterocycles. The lowest BCUT2D eigenvalue weighted by molar-refractivity contribution is -0.128. The zero-order chi connectivity index (χ0) is 17.3. The average molecular weight is 328 g/mol. The summed E-state index contributed by atoms with van der Waals surface area (Å²) in [7, 11) is 1.74. The lowest BCUT2D eigenvalue weighted by Crippen LogP contribution is -2.36. The van der Waals surface area contributed by atoms with Crippen LogP contribution in [0.2, 0.25) is 0 Å². The Bertz CT molecular complexity index is 719. The fourth-order valence-corrected chi connectivity index (χ4v) is 3.18. The van der Waals surface area contributed by atoms with Crippen LogP contribution in [0.3, 0.4) is 0 Å². The molecule has 24 heavy (non-hydrogen) atoms. The van der Waals surface area contributed by atoms with Gasteiger partial charge in [-0.2, -0.15) is 0 Å². The molecule has 0 spiro atoms. The second-order valence-electron chi connectivity index (χ2n) is 7.01. The predicted octanol–water partition coefficient (Wildman–Crippen LogP) is 2.24. The van der Waals surface area contributed by atoms with Gasteiger partial charge in [0, 0.05) is 20.0 Å². The van der Waals surface area contributed by atoms with E-state index in [1.54, 1.807) is 11.9 Å². The third-order valence-corrected chi connectivity index (χ3v) is 4.47. The van der Waals surface area contributed by atoms with Gasteiger partial charge in [0.05, 0.1) is 23.0 Å². The molecule has 1 aromatic heterocycles. The number of rotatable bonds is 5. The number of aromatic nitrogens is 2. The first-order valence-electron chi connectivity index (χ1n) is 8.43. The van der Waals surface area contributed by atoms with E-state index in [2.05, 4.69) is 29.1 Å². The van der Waals surface area contributed by atoms with Gasteiger partial charge in [-0.25, -0.2) is 4.98 Å². The molecular weight excluding hydrogens is 304 g/mol. The predicted molar refractivity (Wildman–Crippen MR) is 92.2 cm³/mol. The highest BCUT2D eigenvalue weighted by molar-refractivity contribution is 5.89. The number of H-pyrrole nitrogens is 1. The number of nitrogens with one attached hydrogen (secondary N) is 2. The molecule has 6 nitrogen and oxygen atoms in total. The van der Waals surface area contributed by atoms with Crippen LogP contribution in [0.15, 0.2) is 24.3 Å². The van der Waals surface area contributed by atoms with Gasteiger partial charge in [0.2, 0.25) is 11.8 Å². The van der Waals surface area contributed by atoms with E-state index in [0.29, 0.717) is 12.5 Å². The molecule has 1 fully saturated rings. The molecule has 2 atom stereocenters. The van der Waals surface area contributed by atoms with Gasteiger partial charge in [0.15, 0.2) is 0 Å². The molecular formula is C18H24N4O2. The van der Waals surface area contributed by atoms with E-state index in [1.165, 1.54) is 0 Å². The number of imidazole rings is 1. The SMILES string of the molecule is CC(C)C[C@@H](NC(=O)[C@@H]1CC(=O)N(C)C1)c1nc2ccccc2[nH]1. The van der Waals surface area contributed by atoms with E-state index in [9.17, 15) is 9.59 Å². The van der Waals surface area contributed by atoms with E-state index >= 15 is 0 Å². The number of hydrogen-bond acceptors (Lipinski definition) is 3. The Balaban J connectivity index is 1.79. The molecule has 0 aliphatic carbocycles. The molecule has 1 aliphatic rings. The average Bonchev–Trinajstić information content (AvgIpc) is 3.10. The van der Waals surface area contributed by atoms with Crippen molar-refractivity contribution >= 4 is 22.8 Å². The number of benzene rings is 1. The van der Waals surface area contributed by atoms with Gasteiger partial charge in [-0.3, -0.25) is 9.59 Å². The van der Waals surface area contributed by atoms with Crippen LogP contribution >= 0.6 is 0 Å². The van der Waals surface area contributed by atoms with Crippen LogP contribution in [0, 0.1) is 11.8 Å². The molecule has 0 unspecified atom stereocenters. The van der Waals surface area contributed by atoms with E-state index in [4.69, 9.17) is 0 Å². The number of amides is 2. The number of carbonyl (C=O) groups excluding carboxylic acids is 2. The summed E-state index contributed by atoms with van der Waals surface area (Å²) < 4.78 is 0. The molecule has 3 rings (SSSR count). The second-order valence-corrected chi connectivity index (χ2v) is 7.01. The first-order chi connectivity index (χ1) is 11.4. The minimum Gasteiger partial charge on any atom is -0.346 e. The fraction of sp³-hybridized carbons (Fsp3) is 0.500. The lowest BCUT2D eigenvalue weighted by Gasteiger charge is -2.20. The van der Waals surface area contributed by atoms with Crippen molar-refractivity contribution < 1.29 is 9.59 Å². The summed E-state index contributed by atoms with van der Waals surface area (Å²) in [5.74, 6) is 0.868. The highest BCUT2D eigenvalue weighted by Crippen LogP contribution is 2.24. The second kappa shape index (κ2) is 6.63. The Morgan fingerprint density at radius 3 is 2.79 bits per heavy atom. The molecule has 0 bridgehead atoms. The number of fused-ring (bicyclic) bond motifs is 1. The summed E-state index contributed by atoms with van der Waals surface area (Å²) in [5, 5.41) is 3.10. The van der Waals surface area contributed by atoms with Crippen molar-refractivity contribution in [2.75, 3.05) is 13.6 Å². The number of nitrogens with zero attached hydrogens (tertiary/aromatic N) is 2. The third kappa shape index (κ3) is 3.42. The molecule has 2 N–H and O–H groups in total. The number of likely N-dealkylation sites (tertiary alicyclic amines) is 1. The molecule has 2 aromatic rings. The van der Waals surface area contributed by atoms with Gasteiger partial charge >= 0.3 is 0 Å². The van der Waals surface area contributed by atoms with Crippen molar-refractivity contribution in [2.45, 2.75) is 32.7 Å². The highest BCUT2D eigenvalue weighted by atomic mass is 16.2. The van der Waals surface area contributed by atoms with Crippen molar-refractivity contribution in [3.63, 3.8) is 0 Å². The largest absolute Gasteiger partial charge is 0.346 e. The summed E-state index contributed by atoms with van der Waals surface area (Å²) in [6.07, 6.45) is 1.08. The van der Waals surface area contributed by atoms with Crippen molar-refractivity contribution in [2.24, 2.45) is 11.8 Å². The molecule has 128 valence electrons. The Kier molecular flexibility index (Phi) is 4.55. The number of para-hydroxylation sites is 2. The number of hydrogen-bond donors (Lipinski definition) is 2. The maximum absolute atomic E-state index is 12.6. The van der Waals surface area contributed by atoms with Gasteiger partial charge in [-0.1, -0.05) is 26.0 Å². The Hall–Kier alpha value is -2.37. The monoisotopic (exact) mass is 328 g/mol. The Labute approximate surface area is 141 Å². The summed E-state index contributed by atoms with van der Waals surface area (Å²) in [6, 6.07) is 7.66. The Morgan fingerprint density at radius 2 is 2.17 bits per heavy atom. The zero-order valence-corrected chi connectivity index (χ0v) is 14.4. The number of carbonyl (C=O) groups is 2. The van der Waals surface area contributed by atoms with E-state index in [0.717, 1.165) is 23.3 Å². The maximum atomic E-state index is 12.6. The lowest BCUT2D eigenvalue weighted by atomic mass is 10.0. The first kappa shape index (κ1) is 16.5. The minimum absolute atomic E-state index is 0.0271. The molecule has 2 amide bonds. The summed E-state index contributed by atoms with van der Waals surface area (Å²) in [6.45, 7) is 4.72.